The highest BCUT2D eigenvalue weighted by atomic mass is 19.4. The molecule has 43 heavy (non-hydrogen) atoms. The van der Waals surface area contributed by atoms with Crippen LogP contribution in [0.3, 0.4) is 0 Å². The van der Waals surface area contributed by atoms with E-state index < -0.39 is 24.1 Å². The Morgan fingerprint density at radius 1 is 1.00 bits per heavy atom. The van der Waals surface area contributed by atoms with Crippen molar-refractivity contribution in [1.82, 2.24) is 20.0 Å². The number of halogens is 3. The van der Waals surface area contributed by atoms with Gasteiger partial charge in [0.2, 0.25) is 0 Å². The Labute approximate surface area is 247 Å². The minimum Gasteiger partial charge on any atom is -0.475 e. The number of rotatable bonds is 8. The molecule has 0 unspecified atom stereocenters. The molecule has 1 aliphatic heterocycles. The van der Waals surface area contributed by atoms with Crippen LogP contribution in [0.2, 0.25) is 0 Å². The van der Waals surface area contributed by atoms with Crippen molar-refractivity contribution >= 4 is 29.6 Å². The van der Waals surface area contributed by atoms with Gasteiger partial charge >= 0.3 is 24.2 Å². The van der Waals surface area contributed by atoms with Crippen molar-refractivity contribution in [2.45, 2.75) is 33.0 Å². The smallest absolute Gasteiger partial charge is 0.475 e. The van der Waals surface area contributed by atoms with E-state index in [0.717, 1.165) is 24.5 Å². The van der Waals surface area contributed by atoms with Gasteiger partial charge in [-0.15, -0.1) is 0 Å². The SMILES string of the molecule is CC(C)CCN(C(=O)NCC#N)C(=O)c1ccc(NC(=O)N2CCN(Cc3ccccc3)CC2)cc1.O=C(O)C(F)(F)F. The number of carboxylic acids is 1. The van der Waals surface area contributed by atoms with Gasteiger partial charge in [-0.3, -0.25) is 14.6 Å². The number of carbonyl (C=O) groups is 4. The van der Waals surface area contributed by atoms with Crippen LogP contribution in [-0.2, 0) is 11.3 Å². The Balaban J connectivity index is 0.000000821. The fraction of sp³-hybridized carbons (Fsp3) is 0.414. The van der Waals surface area contributed by atoms with Gasteiger partial charge in [0.05, 0.1) is 6.07 Å². The summed E-state index contributed by atoms with van der Waals surface area (Å²) >= 11 is 0. The Morgan fingerprint density at radius 3 is 2.09 bits per heavy atom. The molecular formula is C29H35F3N6O5. The molecule has 2 aromatic rings. The second kappa shape index (κ2) is 16.7. The molecule has 5 amide bonds. The van der Waals surface area contributed by atoms with Crippen molar-refractivity contribution in [3.63, 3.8) is 0 Å². The van der Waals surface area contributed by atoms with Crippen LogP contribution in [0.5, 0.6) is 0 Å². The number of hydrogen-bond acceptors (Lipinski definition) is 6. The van der Waals surface area contributed by atoms with E-state index in [1.54, 1.807) is 29.2 Å². The second-order valence-corrected chi connectivity index (χ2v) is 10.0. The number of nitriles is 1. The zero-order chi connectivity index (χ0) is 32.0. The number of benzene rings is 2. The van der Waals surface area contributed by atoms with Gasteiger partial charge < -0.3 is 20.6 Å². The molecule has 1 saturated heterocycles. The number of hydrogen-bond donors (Lipinski definition) is 3. The van der Waals surface area contributed by atoms with Gasteiger partial charge in [0.1, 0.15) is 6.54 Å². The van der Waals surface area contributed by atoms with E-state index in [2.05, 4.69) is 27.7 Å². The minimum atomic E-state index is -5.08. The first-order valence-corrected chi connectivity index (χ1v) is 13.5. The zero-order valence-corrected chi connectivity index (χ0v) is 23.9. The third kappa shape index (κ3) is 12.0. The van der Waals surface area contributed by atoms with Gasteiger partial charge in [-0.2, -0.15) is 18.4 Å². The summed E-state index contributed by atoms with van der Waals surface area (Å²) in [5.74, 6) is -2.90. The molecule has 232 valence electrons. The first-order valence-electron chi connectivity index (χ1n) is 13.5. The molecule has 1 heterocycles. The molecule has 0 aliphatic carbocycles. The van der Waals surface area contributed by atoms with Gasteiger partial charge in [-0.25, -0.2) is 14.4 Å². The molecule has 11 nitrogen and oxygen atoms in total. The van der Waals surface area contributed by atoms with Crippen molar-refractivity contribution in [3.8, 4) is 6.07 Å². The topological polar surface area (TPSA) is 146 Å². The summed E-state index contributed by atoms with van der Waals surface area (Å²) in [6, 6.07) is 17.9. The Bertz CT molecular complexity index is 1260. The lowest BCUT2D eigenvalue weighted by Crippen LogP contribution is -2.49. The van der Waals surface area contributed by atoms with Gasteiger partial charge in [0.15, 0.2) is 0 Å². The van der Waals surface area contributed by atoms with Crippen molar-refractivity contribution in [1.29, 1.82) is 5.26 Å². The molecule has 0 radical (unpaired) electrons. The first kappa shape index (κ1) is 34.6. The predicted octanol–water partition coefficient (Wildman–Crippen LogP) is 4.39. The fourth-order valence-corrected chi connectivity index (χ4v) is 3.90. The van der Waals surface area contributed by atoms with Crippen LogP contribution in [-0.4, -0.2) is 89.2 Å². The minimum absolute atomic E-state index is 0.171. The van der Waals surface area contributed by atoms with E-state index in [1.165, 1.54) is 5.56 Å². The maximum Gasteiger partial charge on any atom is 0.490 e. The van der Waals surface area contributed by atoms with Crippen molar-refractivity contribution in [3.05, 3.63) is 65.7 Å². The number of carboxylic acid groups (broad SMARTS) is 1. The summed E-state index contributed by atoms with van der Waals surface area (Å²) < 4.78 is 31.7. The molecule has 0 aromatic heterocycles. The molecule has 1 fully saturated rings. The molecule has 1 aliphatic rings. The van der Waals surface area contributed by atoms with E-state index in [9.17, 15) is 27.6 Å². The van der Waals surface area contributed by atoms with Crippen LogP contribution in [0.15, 0.2) is 54.6 Å². The van der Waals surface area contributed by atoms with Crippen molar-refractivity contribution in [2.75, 3.05) is 44.6 Å². The van der Waals surface area contributed by atoms with Gasteiger partial charge in [-0.1, -0.05) is 44.2 Å². The summed E-state index contributed by atoms with van der Waals surface area (Å²) in [5.41, 5.74) is 2.17. The average molecular weight is 605 g/mol. The first-order chi connectivity index (χ1) is 20.3. The summed E-state index contributed by atoms with van der Waals surface area (Å²) in [5, 5.41) is 21.2. The van der Waals surface area contributed by atoms with Crippen LogP contribution >= 0.6 is 0 Å². The Kier molecular flexibility index (Phi) is 13.4. The number of piperazine rings is 1. The van der Waals surface area contributed by atoms with Crippen LogP contribution in [0.4, 0.5) is 28.4 Å². The molecule has 3 N–H and O–H groups in total. The number of anilines is 1. The third-order valence-corrected chi connectivity index (χ3v) is 6.27. The molecule has 14 heteroatoms. The number of aliphatic carboxylic acids is 1. The van der Waals surface area contributed by atoms with Gasteiger partial charge in [-0.05, 0) is 42.2 Å². The Hall–Kier alpha value is -4.64. The Morgan fingerprint density at radius 2 is 1.58 bits per heavy atom. The van der Waals surface area contributed by atoms with Gasteiger partial charge in [0.25, 0.3) is 5.91 Å². The third-order valence-electron chi connectivity index (χ3n) is 6.27. The molecule has 0 atom stereocenters. The molecule has 0 spiro atoms. The van der Waals surface area contributed by atoms with E-state index in [-0.39, 0.29) is 19.1 Å². The highest BCUT2D eigenvalue weighted by Crippen LogP contribution is 2.16. The summed E-state index contributed by atoms with van der Waals surface area (Å²) in [7, 11) is 0. The summed E-state index contributed by atoms with van der Waals surface area (Å²) in [4.78, 5) is 52.3. The van der Waals surface area contributed by atoms with Crippen LogP contribution in [0.1, 0.15) is 36.2 Å². The predicted molar refractivity (Wildman–Crippen MR) is 152 cm³/mol. The number of amides is 5. The maximum atomic E-state index is 13.0. The van der Waals surface area contributed by atoms with E-state index >= 15 is 0 Å². The number of imide groups is 1. The fourth-order valence-electron chi connectivity index (χ4n) is 3.90. The lowest BCUT2D eigenvalue weighted by molar-refractivity contribution is -0.192. The number of nitrogens with one attached hydrogen (secondary N) is 2. The number of alkyl halides is 3. The van der Waals surface area contributed by atoms with E-state index in [0.29, 0.717) is 36.7 Å². The molecular weight excluding hydrogens is 569 g/mol. The highest BCUT2D eigenvalue weighted by molar-refractivity contribution is 6.04. The largest absolute Gasteiger partial charge is 0.490 e. The van der Waals surface area contributed by atoms with Crippen LogP contribution in [0.25, 0.3) is 0 Å². The quantitative estimate of drug-likeness (QED) is 0.379. The number of nitrogens with zero attached hydrogens (tertiary/aromatic N) is 4. The molecule has 2 aromatic carbocycles. The second-order valence-electron chi connectivity index (χ2n) is 10.0. The van der Waals surface area contributed by atoms with Crippen LogP contribution in [0, 0.1) is 17.2 Å². The lowest BCUT2D eigenvalue weighted by Gasteiger charge is -2.34. The normalized spacial score (nSPS) is 13.3. The lowest BCUT2D eigenvalue weighted by atomic mass is 10.1. The van der Waals surface area contributed by atoms with Gasteiger partial charge in [0, 0.05) is 50.5 Å². The maximum absolute atomic E-state index is 13.0. The summed E-state index contributed by atoms with van der Waals surface area (Å²) in [6.07, 6.45) is -4.43. The monoisotopic (exact) mass is 604 g/mol. The molecule has 0 bridgehead atoms. The van der Waals surface area contributed by atoms with E-state index in [4.69, 9.17) is 15.2 Å². The highest BCUT2D eigenvalue weighted by Gasteiger charge is 2.38. The number of carbonyl (C=O) groups excluding carboxylic acids is 3. The standard InChI is InChI=1S/C27H34N6O3.C2HF3O2/c1-21(2)12-15-33(26(35)29-14-13-28)25(34)23-8-10-24(11-9-23)30-27(36)32-18-16-31(17-19-32)20-22-6-4-3-5-7-22;3-2(4,5)1(6)7/h3-11,21H,12,14-20H2,1-2H3,(H,29,35)(H,30,36);(H,6,7). The van der Waals surface area contributed by atoms with Crippen LogP contribution < -0.4 is 10.6 Å². The molecule has 0 saturated carbocycles. The van der Waals surface area contributed by atoms with Crippen molar-refractivity contribution < 1.29 is 37.5 Å². The average Bonchev–Trinajstić information content (AvgIpc) is 2.97. The van der Waals surface area contributed by atoms with E-state index in [1.807, 2.05) is 38.1 Å². The number of urea groups is 2. The molecule has 3 rings (SSSR count). The van der Waals surface area contributed by atoms with Crippen molar-refractivity contribution in [2.24, 2.45) is 5.92 Å². The zero-order valence-electron chi connectivity index (χ0n) is 23.9. The summed E-state index contributed by atoms with van der Waals surface area (Å²) in [6.45, 7) is 7.85.